The Kier molecular flexibility index (Phi) is 3.35. The molecule has 0 saturated carbocycles. The van der Waals surface area contributed by atoms with Gasteiger partial charge in [-0.3, -0.25) is 0 Å². The van der Waals surface area contributed by atoms with Crippen molar-refractivity contribution in [3.63, 3.8) is 0 Å². The van der Waals surface area contributed by atoms with Crippen LogP contribution in [0.15, 0.2) is 28.1 Å². The van der Waals surface area contributed by atoms with Crippen LogP contribution in [0.2, 0.25) is 0 Å². The summed E-state index contributed by atoms with van der Waals surface area (Å²) in [7, 11) is 0. The summed E-state index contributed by atoms with van der Waals surface area (Å²) in [5.41, 5.74) is 0. The minimum absolute atomic E-state index is 0.229. The number of rotatable bonds is 2. The SMILES string of the molecule is C=C/C(Br)=C(/F)N=C. The van der Waals surface area contributed by atoms with Crippen molar-refractivity contribution in [3.8, 4) is 0 Å². The van der Waals surface area contributed by atoms with E-state index < -0.39 is 5.95 Å². The molecule has 0 atom stereocenters. The number of aliphatic imine (C=N–C) groups is 1. The average molecular weight is 178 g/mol. The van der Waals surface area contributed by atoms with Gasteiger partial charge in [-0.15, -0.1) is 0 Å². The van der Waals surface area contributed by atoms with Crippen LogP contribution < -0.4 is 0 Å². The zero-order valence-electron chi connectivity index (χ0n) is 4.19. The van der Waals surface area contributed by atoms with E-state index in [0.29, 0.717) is 0 Å². The second kappa shape index (κ2) is 3.55. The van der Waals surface area contributed by atoms with E-state index in [0.717, 1.165) is 0 Å². The number of allylic oxidation sites excluding steroid dienone is 2. The third-order valence-electron chi connectivity index (χ3n) is 0.515. The summed E-state index contributed by atoms with van der Waals surface area (Å²) < 4.78 is 12.3. The molecule has 0 fully saturated rings. The predicted molar refractivity (Wildman–Crippen MR) is 36.8 cm³/mol. The molecule has 0 aromatic heterocycles. The fourth-order valence-electron chi connectivity index (χ4n) is 0.160. The lowest BCUT2D eigenvalue weighted by Gasteiger charge is -1.84. The van der Waals surface area contributed by atoms with Crippen LogP contribution in [0.4, 0.5) is 4.39 Å². The molecule has 0 radical (unpaired) electrons. The number of nitrogens with zero attached hydrogens (tertiary/aromatic N) is 1. The summed E-state index contributed by atoms with van der Waals surface area (Å²) in [4.78, 5) is 3.00. The Balaban J connectivity index is 4.25. The Morgan fingerprint density at radius 1 is 1.75 bits per heavy atom. The van der Waals surface area contributed by atoms with Gasteiger partial charge in [0, 0.05) is 0 Å². The van der Waals surface area contributed by atoms with Gasteiger partial charge in [0.1, 0.15) is 0 Å². The van der Waals surface area contributed by atoms with Gasteiger partial charge in [0.25, 0.3) is 0 Å². The van der Waals surface area contributed by atoms with Crippen LogP contribution in [-0.4, -0.2) is 6.72 Å². The highest BCUT2D eigenvalue weighted by molar-refractivity contribution is 9.11. The minimum Gasteiger partial charge on any atom is -0.235 e. The van der Waals surface area contributed by atoms with Crippen molar-refractivity contribution >= 4 is 22.6 Å². The van der Waals surface area contributed by atoms with Gasteiger partial charge >= 0.3 is 0 Å². The Morgan fingerprint density at radius 2 is 2.25 bits per heavy atom. The molecule has 0 aliphatic heterocycles. The van der Waals surface area contributed by atoms with Gasteiger partial charge in [-0.2, -0.15) is 4.39 Å². The summed E-state index contributed by atoms with van der Waals surface area (Å²) in [5.74, 6) is -0.639. The first-order chi connectivity index (χ1) is 3.72. The summed E-state index contributed by atoms with van der Waals surface area (Å²) in [5, 5.41) is 0. The first-order valence-electron chi connectivity index (χ1n) is 1.86. The van der Waals surface area contributed by atoms with Crippen molar-refractivity contribution < 1.29 is 4.39 Å². The lowest BCUT2D eigenvalue weighted by Crippen LogP contribution is -1.66. The molecule has 1 nitrogen and oxygen atoms in total. The van der Waals surface area contributed by atoms with E-state index in [9.17, 15) is 4.39 Å². The molecule has 0 aromatic rings. The van der Waals surface area contributed by atoms with Crippen LogP contribution >= 0.6 is 15.9 Å². The van der Waals surface area contributed by atoms with Crippen molar-refractivity contribution in [2.24, 2.45) is 4.99 Å². The molecular weight excluding hydrogens is 173 g/mol. The fraction of sp³-hybridized carbons (Fsp3) is 0. The number of hydrogen-bond acceptors (Lipinski definition) is 1. The van der Waals surface area contributed by atoms with Crippen molar-refractivity contribution in [2.45, 2.75) is 0 Å². The highest BCUT2D eigenvalue weighted by Crippen LogP contribution is 2.13. The predicted octanol–water partition coefficient (Wildman–Crippen LogP) is 2.41. The van der Waals surface area contributed by atoms with Crippen molar-refractivity contribution in [1.82, 2.24) is 0 Å². The maximum absolute atomic E-state index is 12.1. The molecule has 0 rings (SSSR count). The maximum Gasteiger partial charge on any atom is 0.226 e. The summed E-state index contributed by atoms with van der Waals surface area (Å²) >= 11 is 2.86. The van der Waals surface area contributed by atoms with Crippen molar-refractivity contribution in [3.05, 3.63) is 23.1 Å². The summed E-state index contributed by atoms with van der Waals surface area (Å²) in [6.07, 6.45) is 1.31. The van der Waals surface area contributed by atoms with E-state index in [1.54, 1.807) is 0 Å². The van der Waals surface area contributed by atoms with Crippen LogP contribution in [0.3, 0.4) is 0 Å². The van der Waals surface area contributed by atoms with E-state index >= 15 is 0 Å². The van der Waals surface area contributed by atoms with Gasteiger partial charge in [0.15, 0.2) is 0 Å². The third kappa shape index (κ3) is 2.02. The van der Waals surface area contributed by atoms with Crippen molar-refractivity contribution in [2.75, 3.05) is 0 Å². The Hall–Kier alpha value is -0.440. The van der Waals surface area contributed by atoms with E-state index in [4.69, 9.17) is 0 Å². The molecule has 8 heavy (non-hydrogen) atoms. The van der Waals surface area contributed by atoms with Gasteiger partial charge in [-0.1, -0.05) is 12.7 Å². The highest BCUT2D eigenvalue weighted by atomic mass is 79.9. The Labute approximate surface area is 55.7 Å². The van der Waals surface area contributed by atoms with Crippen LogP contribution in [-0.2, 0) is 0 Å². The topological polar surface area (TPSA) is 12.4 Å². The lowest BCUT2D eigenvalue weighted by molar-refractivity contribution is 0.629. The zero-order valence-corrected chi connectivity index (χ0v) is 5.78. The summed E-state index contributed by atoms with van der Waals surface area (Å²) in [6.45, 7) is 6.27. The van der Waals surface area contributed by atoms with Gasteiger partial charge in [-0.25, -0.2) is 4.99 Å². The molecule has 0 spiro atoms. The molecule has 0 unspecified atom stereocenters. The molecule has 3 heteroatoms. The van der Waals surface area contributed by atoms with E-state index in [1.807, 2.05) is 0 Å². The van der Waals surface area contributed by atoms with Gasteiger partial charge in [-0.05, 0) is 22.6 Å². The van der Waals surface area contributed by atoms with Crippen molar-refractivity contribution in [1.29, 1.82) is 0 Å². The van der Waals surface area contributed by atoms with Crippen LogP contribution in [0, 0.1) is 0 Å². The smallest absolute Gasteiger partial charge is 0.226 e. The van der Waals surface area contributed by atoms with E-state index in [-0.39, 0.29) is 4.48 Å². The standard InChI is InChI=1S/C5H5BrFN/c1-3-4(6)5(7)8-2/h3H,1-2H2/b5-4+. The third-order valence-corrected chi connectivity index (χ3v) is 1.17. The number of hydrogen-bond donors (Lipinski definition) is 0. The summed E-state index contributed by atoms with van der Waals surface area (Å²) in [6, 6.07) is 0. The first kappa shape index (κ1) is 7.56. The molecule has 44 valence electrons. The fourth-order valence-corrected chi connectivity index (χ4v) is 0.285. The minimum atomic E-state index is -0.639. The van der Waals surface area contributed by atoms with Crippen LogP contribution in [0.25, 0.3) is 0 Å². The molecule has 0 N–H and O–H groups in total. The molecule has 0 heterocycles. The monoisotopic (exact) mass is 177 g/mol. The molecule has 0 saturated heterocycles. The largest absolute Gasteiger partial charge is 0.235 e. The van der Waals surface area contributed by atoms with Gasteiger partial charge in [0.05, 0.1) is 4.48 Å². The second-order valence-corrected chi connectivity index (χ2v) is 1.86. The lowest BCUT2D eigenvalue weighted by atomic mass is 10.6. The molecule has 0 amide bonds. The first-order valence-corrected chi connectivity index (χ1v) is 2.66. The van der Waals surface area contributed by atoms with Gasteiger partial charge < -0.3 is 0 Å². The molecule has 0 bridgehead atoms. The molecular formula is C5H5BrFN. The highest BCUT2D eigenvalue weighted by Gasteiger charge is 1.91. The maximum atomic E-state index is 12.1. The van der Waals surface area contributed by atoms with Crippen LogP contribution in [0.1, 0.15) is 0 Å². The van der Waals surface area contributed by atoms with Gasteiger partial charge in [0.2, 0.25) is 5.95 Å². The van der Waals surface area contributed by atoms with E-state index in [2.05, 4.69) is 34.2 Å². The zero-order chi connectivity index (χ0) is 6.57. The molecule has 0 aliphatic carbocycles. The molecule has 0 aromatic carbocycles. The quantitative estimate of drug-likeness (QED) is 0.349. The normalized spacial score (nSPS) is 12.2. The number of halogens is 2. The van der Waals surface area contributed by atoms with E-state index in [1.165, 1.54) is 6.08 Å². The second-order valence-electron chi connectivity index (χ2n) is 1.00. The average Bonchev–Trinajstić information content (AvgIpc) is 1.84. The van der Waals surface area contributed by atoms with Crippen LogP contribution in [0.5, 0.6) is 0 Å². The molecule has 0 aliphatic rings. The Bertz CT molecular complexity index is 123. The Morgan fingerprint density at radius 3 is 2.38 bits per heavy atom.